The third-order valence-corrected chi connectivity index (χ3v) is 5.57. The number of aliphatic hydroxyl groups is 1. The van der Waals surface area contributed by atoms with Crippen molar-refractivity contribution in [3.63, 3.8) is 0 Å². The molecule has 118 valence electrons. The minimum atomic E-state index is -3.66. The Morgan fingerprint density at radius 3 is 2.48 bits per heavy atom. The molecule has 0 saturated carbocycles. The summed E-state index contributed by atoms with van der Waals surface area (Å²) in [7, 11) is -3.66. The largest absolute Gasteiger partial charge is 0.392 e. The highest BCUT2D eigenvalue weighted by atomic mass is 35.5. The first kappa shape index (κ1) is 16.6. The molecule has 1 aliphatic rings. The molecule has 1 unspecified atom stereocenters. The van der Waals surface area contributed by atoms with Crippen LogP contribution in [0.25, 0.3) is 0 Å². The molecule has 1 aromatic rings. The van der Waals surface area contributed by atoms with Crippen LogP contribution in [-0.4, -0.2) is 61.6 Å². The van der Waals surface area contributed by atoms with E-state index >= 15 is 0 Å². The van der Waals surface area contributed by atoms with Gasteiger partial charge in [-0.1, -0.05) is 11.6 Å². The average molecular weight is 337 g/mol. The van der Waals surface area contributed by atoms with E-state index < -0.39 is 21.9 Å². The molecule has 21 heavy (non-hydrogen) atoms. The molecular formula is C13H18ClFN2O3S. The summed E-state index contributed by atoms with van der Waals surface area (Å²) >= 11 is 5.65. The van der Waals surface area contributed by atoms with Crippen molar-refractivity contribution in [2.24, 2.45) is 0 Å². The van der Waals surface area contributed by atoms with Crippen LogP contribution in [0.15, 0.2) is 23.1 Å². The van der Waals surface area contributed by atoms with E-state index in [1.54, 1.807) is 6.92 Å². The molecule has 1 aromatic carbocycles. The third kappa shape index (κ3) is 3.92. The Balaban J connectivity index is 2.09. The van der Waals surface area contributed by atoms with Gasteiger partial charge in [0.2, 0.25) is 10.0 Å². The summed E-state index contributed by atoms with van der Waals surface area (Å²) in [6.07, 6.45) is -0.441. The van der Waals surface area contributed by atoms with Crippen molar-refractivity contribution >= 4 is 21.6 Å². The maximum absolute atomic E-state index is 13.1. The van der Waals surface area contributed by atoms with E-state index in [9.17, 15) is 17.9 Å². The van der Waals surface area contributed by atoms with Gasteiger partial charge in [0.25, 0.3) is 0 Å². The van der Waals surface area contributed by atoms with Crippen molar-refractivity contribution in [3.05, 3.63) is 29.0 Å². The van der Waals surface area contributed by atoms with Gasteiger partial charge in [-0.15, -0.1) is 0 Å². The first-order valence-corrected chi connectivity index (χ1v) is 8.48. The van der Waals surface area contributed by atoms with Crippen LogP contribution < -0.4 is 0 Å². The lowest BCUT2D eigenvalue weighted by molar-refractivity contribution is 0.103. The standard InChI is InChI=1S/C13H18ClFN2O3S/c1-10(18)9-16-4-6-17(7-5-16)21(19,20)11-2-3-13(15)12(14)8-11/h2-3,8,10,18H,4-7,9H2,1H3. The highest BCUT2D eigenvalue weighted by Gasteiger charge is 2.29. The van der Waals surface area contributed by atoms with Crippen LogP contribution in [-0.2, 0) is 10.0 Å². The minimum absolute atomic E-state index is 0.00197. The van der Waals surface area contributed by atoms with E-state index in [1.165, 1.54) is 10.4 Å². The Labute approximate surface area is 129 Å². The molecule has 0 amide bonds. The topological polar surface area (TPSA) is 60.9 Å². The van der Waals surface area contributed by atoms with Crippen molar-refractivity contribution in [1.82, 2.24) is 9.21 Å². The summed E-state index contributed by atoms with van der Waals surface area (Å²) in [6.45, 7) is 4.01. The number of hydrogen-bond donors (Lipinski definition) is 1. The minimum Gasteiger partial charge on any atom is -0.392 e. The summed E-state index contributed by atoms with van der Waals surface area (Å²) < 4.78 is 39.4. The lowest BCUT2D eigenvalue weighted by atomic mass is 10.3. The first-order chi connectivity index (χ1) is 9.80. The summed E-state index contributed by atoms with van der Waals surface area (Å²) in [5.41, 5.74) is 0. The highest BCUT2D eigenvalue weighted by Crippen LogP contribution is 2.23. The average Bonchev–Trinajstić information content (AvgIpc) is 2.41. The van der Waals surface area contributed by atoms with Crippen molar-refractivity contribution < 1.29 is 17.9 Å². The molecule has 0 radical (unpaired) electrons. The molecule has 0 bridgehead atoms. The van der Waals surface area contributed by atoms with Gasteiger partial charge in [-0.3, -0.25) is 4.90 Å². The molecule has 0 aromatic heterocycles. The SMILES string of the molecule is CC(O)CN1CCN(S(=O)(=O)c2ccc(F)c(Cl)c2)CC1. The Morgan fingerprint density at radius 2 is 1.95 bits per heavy atom. The lowest BCUT2D eigenvalue weighted by Gasteiger charge is -2.34. The zero-order chi connectivity index (χ0) is 15.6. The fraction of sp³-hybridized carbons (Fsp3) is 0.538. The summed E-state index contributed by atoms with van der Waals surface area (Å²) in [4.78, 5) is 2.01. The second-order valence-electron chi connectivity index (χ2n) is 5.13. The predicted octanol–water partition coefficient (Wildman–Crippen LogP) is 1.17. The van der Waals surface area contributed by atoms with Gasteiger partial charge in [0.15, 0.2) is 0 Å². The van der Waals surface area contributed by atoms with Gasteiger partial charge < -0.3 is 5.11 Å². The zero-order valence-corrected chi connectivity index (χ0v) is 13.2. The van der Waals surface area contributed by atoms with Crippen LogP contribution >= 0.6 is 11.6 Å². The first-order valence-electron chi connectivity index (χ1n) is 6.66. The molecule has 0 spiro atoms. The number of rotatable bonds is 4. The van der Waals surface area contributed by atoms with Crippen molar-refractivity contribution in [2.45, 2.75) is 17.9 Å². The Kier molecular flexibility index (Phi) is 5.21. The summed E-state index contributed by atoms with van der Waals surface area (Å²) in [5, 5.41) is 9.14. The molecule has 0 aliphatic carbocycles. The van der Waals surface area contributed by atoms with Gasteiger partial charge in [0, 0.05) is 32.7 Å². The second kappa shape index (κ2) is 6.58. The van der Waals surface area contributed by atoms with Gasteiger partial charge in [0.1, 0.15) is 5.82 Å². The molecule has 1 N–H and O–H groups in total. The zero-order valence-electron chi connectivity index (χ0n) is 11.7. The molecular weight excluding hydrogens is 319 g/mol. The van der Waals surface area contributed by atoms with Gasteiger partial charge in [0.05, 0.1) is 16.0 Å². The van der Waals surface area contributed by atoms with Gasteiger partial charge in [-0.2, -0.15) is 4.31 Å². The molecule has 5 nitrogen and oxygen atoms in total. The number of β-amino-alcohol motifs (C(OH)–C–C–N with tert-alkyl or cyclic N) is 1. The maximum atomic E-state index is 13.1. The van der Waals surface area contributed by atoms with E-state index in [0.717, 1.165) is 12.1 Å². The molecule has 1 heterocycles. The van der Waals surface area contributed by atoms with Crippen LogP contribution in [0.1, 0.15) is 6.92 Å². The number of piperazine rings is 1. The van der Waals surface area contributed by atoms with Crippen LogP contribution in [0.3, 0.4) is 0 Å². The quantitative estimate of drug-likeness (QED) is 0.896. The Morgan fingerprint density at radius 1 is 1.33 bits per heavy atom. The number of hydrogen-bond acceptors (Lipinski definition) is 4. The van der Waals surface area contributed by atoms with E-state index in [1.807, 2.05) is 4.90 Å². The molecule has 1 atom stereocenters. The predicted molar refractivity (Wildman–Crippen MR) is 78.3 cm³/mol. The van der Waals surface area contributed by atoms with Gasteiger partial charge in [-0.25, -0.2) is 12.8 Å². The summed E-state index contributed by atoms with van der Waals surface area (Å²) in [5.74, 6) is -0.641. The molecule has 8 heteroatoms. The normalized spacial score (nSPS) is 19.6. The smallest absolute Gasteiger partial charge is 0.243 e. The monoisotopic (exact) mass is 336 g/mol. The van der Waals surface area contributed by atoms with Crippen LogP contribution in [0.2, 0.25) is 5.02 Å². The number of halogens is 2. The van der Waals surface area contributed by atoms with E-state index in [0.29, 0.717) is 32.7 Å². The fourth-order valence-electron chi connectivity index (χ4n) is 2.31. The van der Waals surface area contributed by atoms with E-state index in [2.05, 4.69) is 0 Å². The third-order valence-electron chi connectivity index (χ3n) is 3.38. The molecule has 2 rings (SSSR count). The highest BCUT2D eigenvalue weighted by molar-refractivity contribution is 7.89. The number of sulfonamides is 1. The fourth-order valence-corrected chi connectivity index (χ4v) is 4.01. The van der Waals surface area contributed by atoms with E-state index in [-0.39, 0.29) is 9.92 Å². The van der Waals surface area contributed by atoms with Crippen LogP contribution in [0.5, 0.6) is 0 Å². The lowest BCUT2D eigenvalue weighted by Crippen LogP contribution is -2.50. The van der Waals surface area contributed by atoms with Gasteiger partial charge >= 0.3 is 0 Å². The number of benzene rings is 1. The van der Waals surface area contributed by atoms with Crippen molar-refractivity contribution in [1.29, 1.82) is 0 Å². The second-order valence-corrected chi connectivity index (χ2v) is 7.47. The maximum Gasteiger partial charge on any atom is 0.243 e. The number of nitrogens with zero attached hydrogens (tertiary/aromatic N) is 2. The Hall–Kier alpha value is -0.730. The Bertz CT molecular complexity index is 601. The van der Waals surface area contributed by atoms with E-state index in [4.69, 9.17) is 11.6 Å². The summed E-state index contributed by atoms with van der Waals surface area (Å²) in [6, 6.07) is 3.41. The molecule has 1 fully saturated rings. The molecule has 1 aliphatic heterocycles. The van der Waals surface area contributed by atoms with Crippen molar-refractivity contribution in [3.8, 4) is 0 Å². The molecule has 1 saturated heterocycles. The van der Waals surface area contributed by atoms with Crippen molar-refractivity contribution in [2.75, 3.05) is 32.7 Å². The number of aliphatic hydroxyl groups excluding tert-OH is 1. The van der Waals surface area contributed by atoms with Crippen LogP contribution in [0, 0.1) is 5.82 Å². The van der Waals surface area contributed by atoms with Crippen LogP contribution in [0.4, 0.5) is 4.39 Å². The van der Waals surface area contributed by atoms with Gasteiger partial charge in [-0.05, 0) is 25.1 Å².